The number of rotatable bonds is 5. The molecule has 0 saturated carbocycles. The minimum Gasteiger partial charge on any atom is -0.331 e. The molecule has 0 saturated heterocycles. The molecule has 0 unspecified atom stereocenters. The van der Waals surface area contributed by atoms with Gasteiger partial charge in [-0.1, -0.05) is 53.0 Å². The molecule has 2 N–H and O–H groups in total. The van der Waals surface area contributed by atoms with Gasteiger partial charge >= 0.3 is 0 Å². The van der Waals surface area contributed by atoms with Crippen LogP contribution in [0, 0.1) is 20.8 Å². The quantitative estimate of drug-likeness (QED) is 0.310. The zero-order valence-corrected chi connectivity index (χ0v) is 18.7. The molecule has 0 bridgehead atoms. The number of nitrogens with one attached hydrogen (secondary N) is 2. The molecule has 0 aliphatic rings. The second kappa shape index (κ2) is 9.39. The molecule has 150 valence electrons. The van der Waals surface area contributed by atoms with Crippen molar-refractivity contribution in [3.63, 3.8) is 0 Å². The van der Waals surface area contributed by atoms with Gasteiger partial charge in [0, 0.05) is 10.7 Å². The Bertz CT molecular complexity index is 1060. The number of halogens is 2. The van der Waals surface area contributed by atoms with E-state index in [1.807, 2.05) is 50.2 Å². The summed E-state index contributed by atoms with van der Waals surface area (Å²) in [4.78, 5) is 0. The highest BCUT2D eigenvalue weighted by atomic mass is 35.5. The third-order valence-electron chi connectivity index (χ3n) is 4.34. The maximum absolute atomic E-state index is 6.50. The van der Waals surface area contributed by atoms with Gasteiger partial charge in [-0.05, 0) is 62.3 Å². The first-order valence-electron chi connectivity index (χ1n) is 8.98. The molecule has 5 nitrogen and oxygen atoms in total. The number of benzene rings is 2. The molecule has 0 spiro atoms. The molecule has 29 heavy (non-hydrogen) atoms. The Kier molecular flexibility index (Phi) is 6.90. The predicted molar refractivity (Wildman–Crippen MR) is 125 cm³/mol. The van der Waals surface area contributed by atoms with Gasteiger partial charge in [-0.2, -0.15) is 10.2 Å². The first-order chi connectivity index (χ1) is 13.8. The number of hydrogen-bond acceptors (Lipinski definition) is 3. The molecule has 0 radical (unpaired) electrons. The highest BCUT2D eigenvalue weighted by Crippen LogP contribution is 2.20. The molecule has 8 heteroatoms. The molecule has 2 aromatic carbocycles. The Morgan fingerprint density at radius 1 is 1.14 bits per heavy atom. The van der Waals surface area contributed by atoms with Gasteiger partial charge < -0.3 is 5.32 Å². The van der Waals surface area contributed by atoms with E-state index in [1.54, 1.807) is 10.9 Å². The fourth-order valence-corrected chi connectivity index (χ4v) is 3.41. The van der Waals surface area contributed by atoms with Crippen molar-refractivity contribution in [2.75, 3.05) is 5.32 Å². The lowest BCUT2D eigenvalue weighted by Gasteiger charge is -2.10. The first kappa shape index (κ1) is 21.3. The summed E-state index contributed by atoms with van der Waals surface area (Å²) in [5.74, 6) is 0. The lowest BCUT2D eigenvalue weighted by Crippen LogP contribution is -2.24. The first-order valence-corrected chi connectivity index (χ1v) is 10.1. The minimum absolute atomic E-state index is 0.399. The Morgan fingerprint density at radius 3 is 2.55 bits per heavy atom. The summed E-state index contributed by atoms with van der Waals surface area (Å²) >= 11 is 17.7. The summed E-state index contributed by atoms with van der Waals surface area (Å²) in [6.07, 6.45) is 1.62. The molecular formula is C21H21Cl2N5S. The van der Waals surface area contributed by atoms with E-state index in [0.717, 1.165) is 28.1 Å². The largest absolute Gasteiger partial charge is 0.331 e. The lowest BCUT2D eigenvalue weighted by molar-refractivity contribution is 0.680. The second-order valence-corrected chi connectivity index (χ2v) is 7.92. The lowest BCUT2D eigenvalue weighted by atomic mass is 10.1. The smallest absolute Gasteiger partial charge is 0.191 e. The van der Waals surface area contributed by atoms with Gasteiger partial charge in [-0.25, -0.2) is 4.68 Å². The average molecular weight is 446 g/mol. The van der Waals surface area contributed by atoms with Crippen molar-refractivity contribution in [2.24, 2.45) is 5.10 Å². The highest BCUT2D eigenvalue weighted by Gasteiger charge is 2.12. The Hall–Kier alpha value is -2.41. The van der Waals surface area contributed by atoms with Crippen molar-refractivity contribution in [3.05, 3.63) is 80.6 Å². The standard InChI is InChI=1S/C21H21Cl2N5S/c1-13-4-9-19(14(2)10-13)25-21(29)26-24-11-18-15(3)27-28(20(18)23)12-16-5-7-17(22)8-6-16/h4-11H,12H2,1-3H3,(H2,25,26,29). The molecule has 0 aliphatic carbocycles. The van der Waals surface area contributed by atoms with E-state index >= 15 is 0 Å². The maximum atomic E-state index is 6.50. The van der Waals surface area contributed by atoms with Gasteiger partial charge in [0.2, 0.25) is 0 Å². The van der Waals surface area contributed by atoms with Crippen LogP contribution in [-0.2, 0) is 6.54 Å². The molecule has 0 atom stereocenters. The maximum Gasteiger partial charge on any atom is 0.191 e. The monoisotopic (exact) mass is 445 g/mol. The molecule has 1 aromatic heterocycles. The van der Waals surface area contributed by atoms with Gasteiger partial charge in [0.15, 0.2) is 5.11 Å². The molecule has 3 rings (SSSR count). The predicted octanol–water partition coefficient (Wildman–Crippen LogP) is 5.48. The van der Waals surface area contributed by atoms with Gasteiger partial charge in [-0.15, -0.1) is 0 Å². The van der Waals surface area contributed by atoms with Crippen LogP contribution in [0.4, 0.5) is 5.69 Å². The van der Waals surface area contributed by atoms with Crippen LogP contribution in [0.3, 0.4) is 0 Å². The molecule has 3 aromatic rings. The van der Waals surface area contributed by atoms with Gasteiger partial charge in [-0.3, -0.25) is 5.43 Å². The number of aryl methyl sites for hydroxylation is 3. The Morgan fingerprint density at radius 2 is 1.86 bits per heavy atom. The topological polar surface area (TPSA) is 54.2 Å². The van der Waals surface area contributed by atoms with Crippen molar-refractivity contribution in [1.82, 2.24) is 15.2 Å². The number of hydrogen-bond donors (Lipinski definition) is 2. The highest BCUT2D eigenvalue weighted by molar-refractivity contribution is 7.80. The Labute approximate surface area is 185 Å². The summed E-state index contributed by atoms with van der Waals surface area (Å²) in [6.45, 7) is 6.51. The van der Waals surface area contributed by atoms with E-state index in [-0.39, 0.29) is 0 Å². The fourth-order valence-electron chi connectivity index (χ4n) is 2.84. The third-order valence-corrected chi connectivity index (χ3v) is 5.19. The van der Waals surface area contributed by atoms with E-state index in [0.29, 0.717) is 21.8 Å². The van der Waals surface area contributed by atoms with Crippen LogP contribution in [0.2, 0.25) is 10.2 Å². The number of aromatic nitrogens is 2. The van der Waals surface area contributed by atoms with E-state index in [4.69, 9.17) is 35.4 Å². The zero-order chi connectivity index (χ0) is 21.0. The molecule has 0 aliphatic heterocycles. The SMILES string of the molecule is Cc1ccc(NC(=S)NN=Cc2c(C)nn(Cc3ccc(Cl)cc3)c2Cl)c(C)c1. The van der Waals surface area contributed by atoms with Gasteiger partial charge in [0.25, 0.3) is 0 Å². The van der Waals surface area contributed by atoms with Crippen LogP contribution in [0.5, 0.6) is 0 Å². The number of hydrazone groups is 1. The number of nitrogens with zero attached hydrogens (tertiary/aromatic N) is 3. The minimum atomic E-state index is 0.399. The summed E-state index contributed by atoms with van der Waals surface area (Å²) < 4.78 is 1.73. The normalized spacial score (nSPS) is 11.1. The van der Waals surface area contributed by atoms with Crippen LogP contribution in [-0.4, -0.2) is 21.1 Å². The number of anilines is 1. The summed E-state index contributed by atoms with van der Waals surface area (Å²) in [6, 6.07) is 13.7. The van der Waals surface area contributed by atoms with E-state index < -0.39 is 0 Å². The molecule has 0 amide bonds. The fraction of sp³-hybridized carbons (Fsp3) is 0.190. The van der Waals surface area contributed by atoms with Crippen LogP contribution in [0.25, 0.3) is 0 Å². The summed E-state index contributed by atoms with van der Waals surface area (Å²) in [5.41, 5.74) is 8.64. The second-order valence-electron chi connectivity index (χ2n) is 6.72. The molecule has 1 heterocycles. The van der Waals surface area contributed by atoms with E-state index in [2.05, 4.69) is 33.9 Å². The summed E-state index contributed by atoms with van der Waals surface area (Å²) in [7, 11) is 0. The number of thiocarbonyl (C=S) groups is 1. The Balaban J connectivity index is 1.65. The van der Waals surface area contributed by atoms with Crippen molar-refractivity contribution < 1.29 is 0 Å². The average Bonchev–Trinajstić information content (AvgIpc) is 2.93. The van der Waals surface area contributed by atoms with Crippen molar-refractivity contribution in [1.29, 1.82) is 0 Å². The van der Waals surface area contributed by atoms with E-state index in [1.165, 1.54) is 5.56 Å². The van der Waals surface area contributed by atoms with Gasteiger partial charge in [0.05, 0.1) is 24.0 Å². The van der Waals surface area contributed by atoms with Crippen molar-refractivity contribution in [3.8, 4) is 0 Å². The van der Waals surface area contributed by atoms with Crippen LogP contribution >= 0.6 is 35.4 Å². The van der Waals surface area contributed by atoms with Crippen molar-refractivity contribution >= 4 is 52.4 Å². The zero-order valence-electron chi connectivity index (χ0n) is 16.3. The van der Waals surface area contributed by atoms with Crippen LogP contribution in [0.15, 0.2) is 47.6 Å². The third kappa shape index (κ3) is 5.56. The molecular weight excluding hydrogens is 425 g/mol. The summed E-state index contributed by atoms with van der Waals surface area (Å²) in [5, 5.41) is 13.4. The van der Waals surface area contributed by atoms with Crippen molar-refractivity contribution in [2.45, 2.75) is 27.3 Å². The van der Waals surface area contributed by atoms with E-state index in [9.17, 15) is 0 Å². The molecule has 0 fully saturated rings. The van der Waals surface area contributed by atoms with Gasteiger partial charge in [0.1, 0.15) is 5.15 Å². The van der Waals surface area contributed by atoms with Crippen LogP contribution < -0.4 is 10.7 Å². The van der Waals surface area contributed by atoms with Crippen LogP contribution in [0.1, 0.15) is 27.9 Å².